The molecule has 0 nitrogen and oxygen atoms in total. The van der Waals surface area contributed by atoms with Crippen LogP contribution in [0.25, 0.3) is 0 Å². The Morgan fingerprint density at radius 1 is 1.33 bits per heavy atom. The summed E-state index contributed by atoms with van der Waals surface area (Å²) < 4.78 is 36.0. The summed E-state index contributed by atoms with van der Waals surface area (Å²) in [5.41, 5.74) is -0.697. The standard InChI is InChI=1S/C8H9F3S/c1-3-7(8(9,10)11)5-4-6(2)12/h3-5,12H,2H2,1H3/b5-4-,7-3+. The molecule has 0 aromatic rings. The fourth-order valence-corrected chi connectivity index (χ4v) is 0.615. The Morgan fingerprint density at radius 2 is 1.83 bits per heavy atom. The van der Waals surface area contributed by atoms with Gasteiger partial charge in [-0.25, -0.2) is 0 Å². The van der Waals surface area contributed by atoms with Crippen molar-refractivity contribution in [2.24, 2.45) is 0 Å². The molecule has 0 radical (unpaired) electrons. The maximum atomic E-state index is 12.0. The Labute approximate surface area is 74.9 Å². The van der Waals surface area contributed by atoms with E-state index >= 15 is 0 Å². The van der Waals surface area contributed by atoms with Gasteiger partial charge >= 0.3 is 6.18 Å². The van der Waals surface area contributed by atoms with Crippen molar-refractivity contribution in [2.45, 2.75) is 13.1 Å². The normalized spacial score (nSPS) is 13.9. The lowest BCUT2D eigenvalue weighted by Crippen LogP contribution is -2.09. The molecule has 0 aromatic carbocycles. The lowest BCUT2D eigenvalue weighted by atomic mass is 10.2. The Bertz CT molecular complexity index is 223. The Hall–Kier alpha value is -0.640. The summed E-state index contributed by atoms with van der Waals surface area (Å²) in [5, 5.41) is 0. The van der Waals surface area contributed by atoms with Crippen molar-refractivity contribution < 1.29 is 13.2 Å². The smallest absolute Gasteiger partial charge is 0.166 e. The molecule has 0 fully saturated rings. The summed E-state index contributed by atoms with van der Waals surface area (Å²) in [4.78, 5) is 0.290. The van der Waals surface area contributed by atoms with Gasteiger partial charge in [0, 0.05) is 0 Å². The second-order valence-corrected chi connectivity index (χ2v) is 2.64. The van der Waals surface area contributed by atoms with Gasteiger partial charge in [-0.3, -0.25) is 0 Å². The quantitative estimate of drug-likeness (QED) is 0.505. The molecule has 0 aliphatic carbocycles. The highest BCUT2D eigenvalue weighted by Gasteiger charge is 2.30. The van der Waals surface area contributed by atoms with Crippen molar-refractivity contribution in [3.05, 3.63) is 35.3 Å². The van der Waals surface area contributed by atoms with Crippen LogP contribution in [0.15, 0.2) is 35.3 Å². The molecule has 0 heterocycles. The highest BCUT2D eigenvalue weighted by Crippen LogP contribution is 2.26. The molecule has 4 heteroatoms. The molecule has 0 rings (SSSR count). The zero-order chi connectivity index (χ0) is 9.78. The van der Waals surface area contributed by atoms with E-state index < -0.39 is 11.7 Å². The first-order valence-electron chi connectivity index (χ1n) is 3.17. The first-order chi connectivity index (χ1) is 5.38. The van der Waals surface area contributed by atoms with Gasteiger partial charge in [-0.1, -0.05) is 12.7 Å². The molecule has 68 valence electrons. The van der Waals surface area contributed by atoms with E-state index in [-0.39, 0.29) is 0 Å². The van der Waals surface area contributed by atoms with Crippen molar-refractivity contribution in [3.63, 3.8) is 0 Å². The molecule has 0 atom stereocenters. The van der Waals surface area contributed by atoms with Crippen LogP contribution in [0.4, 0.5) is 13.2 Å². The van der Waals surface area contributed by atoms with Crippen LogP contribution in [0.5, 0.6) is 0 Å². The molecule has 0 aliphatic rings. The summed E-state index contributed by atoms with van der Waals surface area (Å²) in [6.07, 6.45) is -1.16. The summed E-state index contributed by atoms with van der Waals surface area (Å²) in [6.45, 7) is 4.65. The first kappa shape index (κ1) is 11.4. The number of rotatable bonds is 2. The van der Waals surface area contributed by atoms with Crippen molar-refractivity contribution in [1.29, 1.82) is 0 Å². The lowest BCUT2D eigenvalue weighted by molar-refractivity contribution is -0.0883. The zero-order valence-electron chi connectivity index (χ0n) is 6.52. The molecule has 0 unspecified atom stereocenters. The van der Waals surface area contributed by atoms with E-state index in [2.05, 4.69) is 19.2 Å². The predicted octanol–water partition coefficient (Wildman–Crippen LogP) is 3.49. The number of alkyl halides is 3. The van der Waals surface area contributed by atoms with Gasteiger partial charge in [-0.2, -0.15) is 13.2 Å². The molecule has 0 aliphatic heterocycles. The summed E-state index contributed by atoms with van der Waals surface area (Å²) in [7, 11) is 0. The Kier molecular flexibility index (Phi) is 4.17. The van der Waals surface area contributed by atoms with Gasteiger partial charge in [0.2, 0.25) is 0 Å². The van der Waals surface area contributed by atoms with Crippen molar-refractivity contribution in [2.75, 3.05) is 0 Å². The van der Waals surface area contributed by atoms with Gasteiger partial charge in [0.05, 0.1) is 5.57 Å². The highest BCUT2D eigenvalue weighted by molar-refractivity contribution is 7.84. The average molecular weight is 194 g/mol. The molecule has 0 N–H and O–H groups in total. The van der Waals surface area contributed by atoms with Gasteiger partial charge in [-0.15, -0.1) is 12.6 Å². The van der Waals surface area contributed by atoms with Crippen LogP contribution in [0, 0.1) is 0 Å². The van der Waals surface area contributed by atoms with E-state index in [0.29, 0.717) is 4.91 Å². The maximum Gasteiger partial charge on any atom is 0.416 e. The van der Waals surface area contributed by atoms with E-state index in [1.165, 1.54) is 13.0 Å². The number of allylic oxidation sites excluding steroid dienone is 4. The largest absolute Gasteiger partial charge is 0.416 e. The molecule has 0 spiro atoms. The van der Waals surface area contributed by atoms with E-state index in [9.17, 15) is 13.2 Å². The van der Waals surface area contributed by atoms with Gasteiger partial charge in [0.25, 0.3) is 0 Å². The fourth-order valence-electron chi connectivity index (χ4n) is 0.540. The summed E-state index contributed by atoms with van der Waals surface area (Å²) >= 11 is 3.73. The monoisotopic (exact) mass is 194 g/mol. The second kappa shape index (κ2) is 4.40. The van der Waals surface area contributed by atoms with E-state index in [1.54, 1.807) is 0 Å². The molecule has 0 saturated carbocycles. The minimum absolute atomic E-state index is 0.290. The zero-order valence-corrected chi connectivity index (χ0v) is 7.41. The topological polar surface area (TPSA) is 0 Å². The Balaban J connectivity index is 4.53. The first-order valence-corrected chi connectivity index (χ1v) is 3.62. The minimum atomic E-state index is -4.30. The number of hydrogen-bond donors (Lipinski definition) is 1. The number of hydrogen-bond acceptors (Lipinski definition) is 1. The molecular weight excluding hydrogens is 185 g/mol. The predicted molar refractivity (Wildman–Crippen MR) is 47.1 cm³/mol. The third kappa shape index (κ3) is 4.28. The van der Waals surface area contributed by atoms with Crippen molar-refractivity contribution in [3.8, 4) is 0 Å². The molecule has 0 amide bonds. The average Bonchev–Trinajstić information content (AvgIpc) is 1.85. The molecule has 0 bridgehead atoms. The summed E-state index contributed by atoms with van der Waals surface area (Å²) in [6, 6.07) is 0. The van der Waals surface area contributed by atoms with Gasteiger partial charge in [0.1, 0.15) is 0 Å². The van der Waals surface area contributed by atoms with Crippen molar-refractivity contribution in [1.82, 2.24) is 0 Å². The second-order valence-electron chi connectivity index (χ2n) is 2.07. The van der Waals surface area contributed by atoms with E-state index in [4.69, 9.17) is 0 Å². The third-order valence-corrected chi connectivity index (χ3v) is 1.24. The molecule has 0 aromatic heterocycles. The Morgan fingerprint density at radius 3 is 2.08 bits per heavy atom. The maximum absolute atomic E-state index is 12.0. The van der Waals surface area contributed by atoms with Crippen LogP contribution >= 0.6 is 12.6 Å². The van der Waals surface area contributed by atoms with Gasteiger partial charge in [0.15, 0.2) is 0 Å². The minimum Gasteiger partial charge on any atom is -0.166 e. The lowest BCUT2D eigenvalue weighted by Gasteiger charge is -2.05. The molecular formula is C8H9F3S. The fraction of sp³-hybridized carbons (Fsp3) is 0.250. The van der Waals surface area contributed by atoms with E-state index in [0.717, 1.165) is 12.2 Å². The van der Waals surface area contributed by atoms with E-state index in [1.807, 2.05) is 0 Å². The molecule has 12 heavy (non-hydrogen) atoms. The van der Waals surface area contributed by atoms with Gasteiger partial charge < -0.3 is 0 Å². The number of thiol groups is 1. The molecule has 0 saturated heterocycles. The van der Waals surface area contributed by atoms with Crippen LogP contribution in [-0.2, 0) is 0 Å². The SMILES string of the molecule is C=C(S)/C=C\C(=C/C)C(F)(F)F. The summed E-state index contributed by atoms with van der Waals surface area (Å²) in [5.74, 6) is 0. The third-order valence-electron chi connectivity index (χ3n) is 1.09. The highest BCUT2D eigenvalue weighted by atomic mass is 32.1. The van der Waals surface area contributed by atoms with Crippen LogP contribution in [-0.4, -0.2) is 6.18 Å². The van der Waals surface area contributed by atoms with Crippen LogP contribution in [0.3, 0.4) is 0 Å². The van der Waals surface area contributed by atoms with Gasteiger partial charge in [-0.05, 0) is 24.0 Å². The van der Waals surface area contributed by atoms with Crippen LogP contribution in [0.1, 0.15) is 6.92 Å². The van der Waals surface area contributed by atoms with Crippen molar-refractivity contribution >= 4 is 12.6 Å². The van der Waals surface area contributed by atoms with Crippen LogP contribution in [0.2, 0.25) is 0 Å². The number of halogens is 3. The van der Waals surface area contributed by atoms with Crippen LogP contribution < -0.4 is 0 Å².